The van der Waals surface area contributed by atoms with E-state index in [-0.39, 0.29) is 0 Å². The Hall–Kier alpha value is -2.55. The van der Waals surface area contributed by atoms with Crippen molar-refractivity contribution in [2.24, 2.45) is 0 Å². The van der Waals surface area contributed by atoms with Crippen LogP contribution in [-0.4, -0.2) is 4.98 Å². The number of fused-ring (bicyclic) bond motifs is 1. The number of nitrogens with zero attached hydrogens (tertiary/aromatic N) is 1. The Bertz CT molecular complexity index is 781. The van der Waals surface area contributed by atoms with Gasteiger partial charge in [-0.05, 0) is 47.9 Å². The third kappa shape index (κ3) is 2.68. The van der Waals surface area contributed by atoms with E-state index in [1.165, 1.54) is 5.56 Å². The van der Waals surface area contributed by atoms with Gasteiger partial charge in [0, 0.05) is 11.6 Å². The van der Waals surface area contributed by atoms with Crippen LogP contribution in [0.25, 0.3) is 10.9 Å². The van der Waals surface area contributed by atoms with Crippen molar-refractivity contribution in [1.82, 2.24) is 4.98 Å². The number of rotatable bonds is 3. The first-order valence-electron chi connectivity index (χ1n) is 7.06. The minimum Gasteiger partial charge on any atom is -0.457 e. The van der Waals surface area contributed by atoms with Gasteiger partial charge in [-0.3, -0.25) is 4.98 Å². The number of hydrogen-bond donors (Lipinski definition) is 1. The highest BCUT2D eigenvalue weighted by atomic mass is 16.5. The first-order valence-corrected chi connectivity index (χ1v) is 7.06. The number of nitrogen functional groups attached to an aromatic ring is 1. The summed E-state index contributed by atoms with van der Waals surface area (Å²) in [6, 6.07) is 15.7. The SMILES string of the molecule is CC(C)c1cccc(Oc2ccc(N)c3ncccc23)c1. The van der Waals surface area contributed by atoms with Crippen molar-refractivity contribution in [3.05, 3.63) is 60.3 Å². The zero-order chi connectivity index (χ0) is 14.8. The molecule has 0 radical (unpaired) electrons. The molecule has 0 saturated carbocycles. The van der Waals surface area contributed by atoms with Crippen LogP contribution in [0.2, 0.25) is 0 Å². The zero-order valence-corrected chi connectivity index (χ0v) is 12.2. The topological polar surface area (TPSA) is 48.1 Å². The highest BCUT2D eigenvalue weighted by Gasteiger charge is 2.08. The lowest BCUT2D eigenvalue weighted by Gasteiger charge is -2.12. The number of pyridine rings is 1. The van der Waals surface area contributed by atoms with Gasteiger partial charge in [-0.15, -0.1) is 0 Å². The molecule has 3 nitrogen and oxygen atoms in total. The highest BCUT2D eigenvalue weighted by molar-refractivity contribution is 5.93. The van der Waals surface area contributed by atoms with Gasteiger partial charge in [0.2, 0.25) is 0 Å². The van der Waals surface area contributed by atoms with Crippen LogP contribution in [0.3, 0.4) is 0 Å². The summed E-state index contributed by atoms with van der Waals surface area (Å²) < 4.78 is 6.04. The molecule has 3 aromatic rings. The van der Waals surface area contributed by atoms with Crippen molar-refractivity contribution in [2.45, 2.75) is 19.8 Å². The molecule has 0 aliphatic carbocycles. The molecule has 0 saturated heterocycles. The summed E-state index contributed by atoms with van der Waals surface area (Å²) in [5.41, 5.74) is 8.65. The predicted molar refractivity (Wildman–Crippen MR) is 86.8 cm³/mol. The molecule has 3 rings (SSSR count). The van der Waals surface area contributed by atoms with Crippen molar-refractivity contribution < 1.29 is 4.74 Å². The van der Waals surface area contributed by atoms with Gasteiger partial charge in [0.25, 0.3) is 0 Å². The molecule has 21 heavy (non-hydrogen) atoms. The van der Waals surface area contributed by atoms with Crippen LogP contribution >= 0.6 is 0 Å². The summed E-state index contributed by atoms with van der Waals surface area (Å²) in [4.78, 5) is 4.32. The van der Waals surface area contributed by atoms with Gasteiger partial charge in [-0.1, -0.05) is 26.0 Å². The van der Waals surface area contributed by atoms with Crippen molar-refractivity contribution in [3.63, 3.8) is 0 Å². The van der Waals surface area contributed by atoms with Crippen LogP contribution in [-0.2, 0) is 0 Å². The van der Waals surface area contributed by atoms with E-state index in [4.69, 9.17) is 10.5 Å². The minimum atomic E-state index is 0.471. The molecule has 0 fully saturated rings. The van der Waals surface area contributed by atoms with Crippen molar-refractivity contribution in [3.8, 4) is 11.5 Å². The second kappa shape index (κ2) is 5.44. The Morgan fingerprint density at radius 2 is 1.90 bits per heavy atom. The Morgan fingerprint density at radius 1 is 1.05 bits per heavy atom. The number of hydrogen-bond acceptors (Lipinski definition) is 3. The number of nitrogens with two attached hydrogens (primary N) is 1. The normalized spacial score (nSPS) is 11.0. The van der Waals surface area contributed by atoms with E-state index >= 15 is 0 Å². The molecular formula is C18H18N2O. The van der Waals surface area contributed by atoms with Crippen molar-refractivity contribution in [1.29, 1.82) is 0 Å². The molecular weight excluding hydrogens is 260 g/mol. The average molecular weight is 278 g/mol. The third-order valence-corrected chi connectivity index (χ3v) is 3.51. The fourth-order valence-corrected chi connectivity index (χ4v) is 2.32. The average Bonchev–Trinajstić information content (AvgIpc) is 2.51. The summed E-state index contributed by atoms with van der Waals surface area (Å²) in [6.45, 7) is 4.34. The summed E-state index contributed by atoms with van der Waals surface area (Å²) in [5, 5.41) is 0.924. The highest BCUT2D eigenvalue weighted by Crippen LogP contribution is 2.32. The first kappa shape index (κ1) is 13.4. The van der Waals surface area contributed by atoms with Crippen LogP contribution in [0.5, 0.6) is 11.5 Å². The monoisotopic (exact) mass is 278 g/mol. The van der Waals surface area contributed by atoms with Gasteiger partial charge < -0.3 is 10.5 Å². The lowest BCUT2D eigenvalue weighted by atomic mass is 10.0. The summed E-state index contributed by atoms with van der Waals surface area (Å²) in [7, 11) is 0. The Balaban J connectivity index is 2.02. The molecule has 2 aromatic carbocycles. The summed E-state index contributed by atoms with van der Waals surface area (Å²) in [5.74, 6) is 2.07. The lowest BCUT2D eigenvalue weighted by molar-refractivity contribution is 0.487. The number of ether oxygens (including phenoxy) is 1. The largest absolute Gasteiger partial charge is 0.457 e. The fraction of sp³-hybridized carbons (Fsp3) is 0.167. The molecule has 0 amide bonds. The Kier molecular flexibility index (Phi) is 3.48. The molecule has 0 aliphatic rings. The molecule has 0 atom stereocenters. The fourth-order valence-electron chi connectivity index (χ4n) is 2.32. The van der Waals surface area contributed by atoms with Crippen molar-refractivity contribution >= 4 is 16.6 Å². The van der Waals surface area contributed by atoms with Gasteiger partial charge in [-0.2, -0.15) is 0 Å². The molecule has 0 spiro atoms. The molecule has 2 N–H and O–H groups in total. The van der Waals surface area contributed by atoms with E-state index in [0.29, 0.717) is 11.6 Å². The van der Waals surface area contributed by atoms with Crippen LogP contribution < -0.4 is 10.5 Å². The Labute approximate surface area is 124 Å². The van der Waals surface area contributed by atoms with Gasteiger partial charge >= 0.3 is 0 Å². The predicted octanol–water partition coefficient (Wildman–Crippen LogP) is 4.73. The van der Waals surface area contributed by atoms with E-state index in [1.54, 1.807) is 6.20 Å². The van der Waals surface area contributed by atoms with E-state index < -0.39 is 0 Å². The zero-order valence-electron chi connectivity index (χ0n) is 12.2. The minimum absolute atomic E-state index is 0.471. The van der Waals surface area contributed by atoms with Crippen LogP contribution in [0.1, 0.15) is 25.3 Å². The van der Waals surface area contributed by atoms with E-state index in [1.807, 2.05) is 36.4 Å². The lowest BCUT2D eigenvalue weighted by Crippen LogP contribution is -1.93. The van der Waals surface area contributed by atoms with Gasteiger partial charge in [0.05, 0.1) is 11.2 Å². The van der Waals surface area contributed by atoms with Gasteiger partial charge in [-0.25, -0.2) is 0 Å². The van der Waals surface area contributed by atoms with E-state index in [0.717, 1.165) is 22.4 Å². The van der Waals surface area contributed by atoms with Crippen LogP contribution in [0.15, 0.2) is 54.7 Å². The number of anilines is 1. The second-order valence-corrected chi connectivity index (χ2v) is 5.38. The molecule has 1 aromatic heterocycles. The quantitative estimate of drug-likeness (QED) is 0.704. The maximum absolute atomic E-state index is 6.04. The summed E-state index contributed by atoms with van der Waals surface area (Å²) in [6.07, 6.45) is 1.74. The maximum Gasteiger partial charge on any atom is 0.136 e. The first-order chi connectivity index (χ1) is 10.1. The molecule has 1 heterocycles. The number of aromatic nitrogens is 1. The van der Waals surface area contributed by atoms with Crippen molar-refractivity contribution in [2.75, 3.05) is 5.73 Å². The van der Waals surface area contributed by atoms with E-state index in [9.17, 15) is 0 Å². The van der Waals surface area contributed by atoms with Crippen LogP contribution in [0, 0.1) is 0 Å². The third-order valence-electron chi connectivity index (χ3n) is 3.51. The van der Waals surface area contributed by atoms with Gasteiger partial charge in [0.15, 0.2) is 0 Å². The van der Waals surface area contributed by atoms with E-state index in [2.05, 4.69) is 31.0 Å². The standard InChI is InChI=1S/C18H18N2O/c1-12(2)13-5-3-6-14(11-13)21-17-9-8-16(19)18-15(17)7-4-10-20-18/h3-12H,19H2,1-2H3. The molecule has 0 unspecified atom stereocenters. The molecule has 0 bridgehead atoms. The molecule has 106 valence electrons. The number of benzene rings is 2. The van der Waals surface area contributed by atoms with Crippen LogP contribution in [0.4, 0.5) is 5.69 Å². The van der Waals surface area contributed by atoms with Gasteiger partial charge in [0.1, 0.15) is 11.5 Å². The smallest absolute Gasteiger partial charge is 0.136 e. The maximum atomic E-state index is 6.04. The Morgan fingerprint density at radius 3 is 2.71 bits per heavy atom. The molecule has 3 heteroatoms. The second-order valence-electron chi connectivity index (χ2n) is 5.38. The summed E-state index contributed by atoms with van der Waals surface area (Å²) >= 11 is 0. The molecule has 0 aliphatic heterocycles.